The molecule has 0 aromatic heterocycles. The van der Waals surface area contributed by atoms with Crippen LogP contribution in [0.25, 0.3) is 6.08 Å². The molecule has 0 atom stereocenters. The molecule has 0 spiro atoms. The van der Waals surface area contributed by atoms with Gasteiger partial charge in [0.1, 0.15) is 29.7 Å². The van der Waals surface area contributed by atoms with Crippen molar-refractivity contribution in [1.82, 2.24) is 4.90 Å². The van der Waals surface area contributed by atoms with Crippen molar-refractivity contribution < 1.29 is 32.6 Å². The normalized spacial score (nSPS) is 14.8. The van der Waals surface area contributed by atoms with E-state index in [2.05, 4.69) is 5.32 Å². The molecule has 1 fully saturated rings. The monoisotopic (exact) mass is 462 g/mol. The number of rotatable bonds is 8. The highest BCUT2D eigenvalue weighted by Crippen LogP contribution is 2.35. The Morgan fingerprint density at radius 1 is 1.09 bits per heavy atom. The summed E-state index contributed by atoms with van der Waals surface area (Å²) in [5, 5.41) is 1.59. The number of carbonyl (C=O) groups excluding carboxylic acids is 3. The van der Waals surface area contributed by atoms with Crippen LogP contribution in [0.1, 0.15) is 19.4 Å². The van der Waals surface area contributed by atoms with Crippen LogP contribution >= 0.6 is 11.8 Å². The molecule has 1 heterocycles. The lowest BCUT2D eigenvalue weighted by atomic mass is 10.1. The van der Waals surface area contributed by atoms with Crippen molar-refractivity contribution in [3.8, 4) is 11.5 Å². The average Bonchev–Trinajstić information content (AvgIpc) is 3.00. The summed E-state index contributed by atoms with van der Waals surface area (Å²) in [7, 11) is 0. The third kappa shape index (κ3) is 5.44. The van der Waals surface area contributed by atoms with Gasteiger partial charge in [0, 0.05) is 17.7 Å². The summed E-state index contributed by atoms with van der Waals surface area (Å²) in [5.41, 5.74) is 0.313. The van der Waals surface area contributed by atoms with E-state index < -0.39 is 35.2 Å². The summed E-state index contributed by atoms with van der Waals surface area (Å²) in [6.45, 7) is 3.92. The molecule has 0 saturated carbocycles. The Morgan fingerprint density at radius 3 is 2.53 bits per heavy atom. The van der Waals surface area contributed by atoms with E-state index in [1.807, 2.05) is 13.8 Å². The largest absolute Gasteiger partial charge is 0.494 e. The number of imide groups is 1. The maximum absolute atomic E-state index is 13.7. The molecule has 0 bridgehead atoms. The lowest BCUT2D eigenvalue weighted by Gasteiger charge is -2.13. The molecule has 2 aromatic carbocycles. The number of nitrogens with zero attached hydrogens (tertiary/aromatic N) is 1. The summed E-state index contributed by atoms with van der Waals surface area (Å²) in [4.78, 5) is 38.1. The second-order valence-electron chi connectivity index (χ2n) is 6.51. The minimum absolute atomic E-state index is 0.112. The highest BCUT2D eigenvalue weighted by Gasteiger charge is 2.36. The number of carbonyl (C=O) groups is 3. The number of ether oxygens (including phenoxy) is 2. The first-order chi connectivity index (χ1) is 15.3. The first-order valence-corrected chi connectivity index (χ1v) is 10.5. The van der Waals surface area contributed by atoms with Gasteiger partial charge in [-0.25, -0.2) is 8.78 Å². The summed E-state index contributed by atoms with van der Waals surface area (Å²) < 4.78 is 37.8. The van der Waals surface area contributed by atoms with Gasteiger partial charge in [0.2, 0.25) is 5.91 Å². The van der Waals surface area contributed by atoms with Crippen LogP contribution in [0.15, 0.2) is 41.3 Å². The van der Waals surface area contributed by atoms with E-state index in [1.165, 1.54) is 6.08 Å². The lowest BCUT2D eigenvalue weighted by molar-refractivity contribution is -0.127. The maximum atomic E-state index is 13.7. The SMILES string of the molecule is CCOc1ccc(C=C2SC(=O)N(CC(=O)Nc3ccc(F)cc3F)C2=O)c(OCC)c1. The highest BCUT2D eigenvalue weighted by molar-refractivity contribution is 8.18. The number of hydrogen-bond donors (Lipinski definition) is 1. The second kappa shape index (κ2) is 10.3. The standard InChI is InChI=1S/C22H20F2N2O5S/c1-3-30-15-7-5-13(18(11-15)31-4-2)9-19-21(28)26(22(29)32-19)12-20(27)25-17-8-6-14(23)10-16(17)24/h5-11H,3-4,12H2,1-2H3,(H,25,27). The topological polar surface area (TPSA) is 84.9 Å². The molecule has 32 heavy (non-hydrogen) atoms. The second-order valence-corrected chi connectivity index (χ2v) is 7.50. The van der Waals surface area contributed by atoms with Crippen LogP contribution in [-0.2, 0) is 9.59 Å². The summed E-state index contributed by atoms with van der Waals surface area (Å²) in [6, 6.07) is 7.76. The number of hydrogen-bond acceptors (Lipinski definition) is 6. The molecular weight excluding hydrogens is 442 g/mol. The van der Waals surface area contributed by atoms with E-state index in [0.717, 1.165) is 17.0 Å². The zero-order valence-electron chi connectivity index (χ0n) is 17.3. The van der Waals surface area contributed by atoms with Gasteiger partial charge < -0.3 is 14.8 Å². The molecule has 168 valence electrons. The molecular formula is C22H20F2N2O5S. The predicted molar refractivity (Wildman–Crippen MR) is 116 cm³/mol. The molecule has 0 unspecified atom stereocenters. The van der Waals surface area contributed by atoms with Gasteiger partial charge in [-0.2, -0.15) is 0 Å². The van der Waals surface area contributed by atoms with Crippen LogP contribution in [0, 0.1) is 11.6 Å². The van der Waals surface area contributed by atoms with Crippen LogP contribution in [0.3, 0.4) is 0 Å². The van der Waals surface area contributed by atoms with Gasteiger partial charge in [0.05, 0.1) is 23.8 Å². The Morgan fingerprint density at radius 2 is 1.84 bits per heavy atom. The maximum Gasteiger partial charge on any atom is 0.294 e. The molecule has 0 radical (unpaired) electrons. The van der Waals surface area contributed by atoms with E-state index in [-0.39, 0.29) is 10.6 Å². The summed E-state index contributed by atoms with van der Waals surface area (Å²) in [6.07, 6.45) is 1.50. The lowest BCUT2D eigenvalue weighted by Crippen LogP contribution is -2.36. The van der Waals surface area contributed by atoms with Gasteiger partial charge in [-0.15, -0.1) is 0 Å². The Kier molecular flexibility index (Phi) is 7.47. The van der Waals surface area contributed by atoms with Gasteiger partial charge in [-0.3, -0.25) is 19.3 Å². The minimum Gasteiger partial charge on any atom is -0.494 e. The van der Waals surface area contributed by atoms with E-state index in [9.17, 15) is 23.2 Å². The fourth-order valence-corrected chi connectivity index (χ4v) is 3.70. The molecule has 3 rings (SSSR count). The van der Waals surface area contributed by atoms with Crippen LogP contribution < -0.4 is 14.8 Å². The Bertz CT molecular complexity index is 1090. The average molecular weight is 462 g/mol. The molecule has 0 aliphatic carbocycles. The van der Waals surface area contributed by atoms with Crippen molar-refractivity contribution in [3.63, 3.8) is 0 Å². The van der Waals surface area contributed by atoms with Gasteiger partial charge in [-0.05, 0) is 56.0 Å². The van der Waals surface area contributed by atoms with Crippen LogP contribution in [-0.4, -0.2) is 41.7 Å². The molecule has 1 saturated heterocycles. The van der Waals surface area contributed by atoms with Gasteiger partial charge >= 0.3 is 0 Å². The molecule has 3 amide bonds. The molecule has 1 aliphatic heterocycles. The van der Waals surface area contributed by atoms with Crippen LogP contribution in [0.5, 0.6) is 11.5 Å². The molecule has 10 heteroatoms. The number of halogens is 2. The smallest absolute Gasteiger partial charge is 0.294 e. The van der Waals surface area contributed by atoms with Crippen molar-refractivity contribution >= 4 is 40.6 Å². The quantitative estimate of drug-likeness (QED) is 0.584. The number of nitrogens with one attached hydrogen (secondary N) is 1. The predicted octanol–water partition coefficient (Wildman–Crippen LogP) is 4.44. The summed E-state index contributed by atoms with van der Waals surface area (Å²) >= 11 is 0.679. The first kappa shape index (κ1) is 23.3. The minimum atomic E-state index is -0.966. The van der Waals surface area contributed by atoms with E-state index in [0.29, 0.717) is 48.1 Å². The summed E-state index contributed by atoms with van der Waals surface area (Å²) in [5.74, 6) is -2.13. The Hall–Kier alpha value is -3.40. The fraction of sp³-hybridized carbons (Fsp3) is 0.227. The third-order valence-corrected chi connectivity index (χ3v) is 5.17. The molecule has 7 nitrogen and oxygen atoms in total. The fourth-order valence-electron chi connectivity index (χ4n) is 2.87. The van der Waals surface area contributed by atoms with Crippen LogP contribution in [0.4, 0.5) is 19.3 Å². The molecule has 1 N–H and O–H groups in total. The van der Waals surface area contributed by atoms with Crippen molar-refractivity contribution in [2.75, 3.05) is 25.1 Å². The van der Waals surface area contributed by atoms with Gasteiger partial charge in [0.15, 0.2) is 0 Å². The number of benzene rings is 2. The van der Waals surface area contributed by atoms with Gasteiger partial charge in [0.25, 0.3) is 11.1 Å². The zero-order valence-corrected chi connectivity index (χ0v) is 18.1. The molecule has 1 aliphatic rings. The number of thioether (sulfide) groups is 1. The Labute approximate surface area is 187 Å². The van der Waals surface area contributed by atoms with Crippen molar-refractivity contribution in [2.45, 2.75) is 13.8 Å². The Balaban J connectivity index is 1.75. The molecule has 2 aromatic rings. The highest BCUT2D eigenvalue weighted by atomic mass is 32.2. The van der Waals surface area contributed by atoms with E-state index >= 15 is 0 Å². The van der Waals surface area contributed by atoms with Crippen molar-refractivity contribution in [2.24, 2.45) is 0 Å². The first-order valence-electron chi connectivity index (χ1n) is 9.72. The van der Waals surface area contributed by atoms with Crippen molar-refractivity contribution in [1.29, 1.82) is 0 Å². The van der Waals surface area contributed by atoms with Crippen LogP contribution in [0.2, 0.25) is 0 Å². The number of amides is 3. The van der Waals surface area contributed by atoms with E-state index in [1.54, 1.807) is 18.2 Å². The zero-order chi connectivity index (χ0) is 23.3. The van der Waals surface area contributed by atoms with Gasteiger partial charge in [-0.1, -0.05) is 0 Å². The third-order valence-electron chi connectivity index (χ3n) is 4.26. The van der Waals surface area contributed by atoms with E-state index in [4.69, 9.17) is 9.47 Å². The van der Waals surface area contributed by atoms with Crippen molar-refractivity contribution in [3.05, 3.63) is 58.5 Å². The number of anilines is 1.